The smallest absolute Gasteiger partial charge is 0.490 e. The van der Waals surface area contributed by atoms with Crippen LogP contribution in [-0.2, 0) is 16.1 Å². The highest BCUT2D eigenvalue weighted by Gasteiger charge is 2.38. The Morgan fingerprint density at radius 2 is 1.91 bits per heavy atom. The molecule has 0 unspecified atom stereocenters. The molecule has 5 nitrogen and oxygen atoms in total. The molecule has 0 radical (unpaired) electrons. The van der Waals surface area contributed by atoms with Gasteiger partial charge in [0.15, 0.2) is 0 Å². The molecule has 2 N–H and O–H groups in total. The second kappa shape index (κ2) is 10.5. The molecule has 0 aliphatic carbocycles. The normalized spacial score (nSPS) is 10.3. The van der Waals surface area contributed by atoms with Crippen LogP contribution < -0.4 is 10.1 Å². The Morgan fingerprint density at radius 1 is 1.30 bits per heavy atom. The van der Waals surface area contributed by atoms with Crippen molar-refractivity contribution in [3.63, 3.8) is 0 Å². The van der Waals surface area contributed by atoms with Crippen LogP contribution >= 0.6 is 0 Å². The van der Waals surface area contributed by atoms with E-state index in [4.69, 9.17) is 14.6 Å². The first-order chi connectivity index (χ1) is 10.7. The lowest BCUT2D eigenvalue weighted by Gasteiger charge is -2.06. The van der Waals surface area contributed by atoms with Crippen LogP contribution in [-0.4, -0.2) is 30.3 Å². The van der Waals surface area contributed by atoms with Crippen LogP contribution in [0.25, 0.3) is 0 Å². The summed E-state index contributed by atoms with van der Waals surface area (Å²) in [7, 11) is 1.64. The summed E-state index contributed by atoms with van der Waals surface area (Å²) in [4.78, 5) is 20.3. The van der Waals surface area contributed by atoms with Gasteiger partial charge in [-0.15, -0.1) is 0 Å². The van der Waals surface area contributed by atoms with E-state index >= 15 is 0 Å². The van der Waals surface area contributed by atoms with E-state index in [0.29, 0.717) is 13.0 Å². The maximum absolute atomic E-state index is 11.4. The van der Waals surface area contributed by atoms with Crippen molar-refractivity contribution in [2.45, 2.75) is 38.9 Å². The Kier molecular flexibility index (Phi) is 9.45. The maximum Gasteiger partial charge on any atom is 0.490 e. The molecule has 1 aromatic carbocycles. The number of carbonyl (C=O) groups excluding carboxylic acids is 1. The summed E-state index contributed by atoms with van der Waals surface area (Å²) >= 11 is 0. The molecule has 0 aliphatic rings. The quantitative estimate of drug-likeness (QED) is 0.837. The molecular formula is C15H20F3NO4. The highest BCUT2D eigenvalue weighted by Crippen LogP contribution is 2.13. The second-order valence-electron chi connectivity index (χ2n) is 4.53. The minimum atomic E-state index is -5.08. The third-order valence-corrected chi connectivity index (χ3v) is 2.62. The summed E-state index contributed by atoms with van der Waals surface area (Å²) in [6.45, 7) is 2.65. The van der Waals surface area contributed by atoms with E-state index in [0.717, 1.165) is 24.2 Å². The number of rotatable bonds is 6. The first kappa shape index (κ1) is 20.8. The van der Waals surface area contributed by atoms with Crippen molar-refractivity contribution in [1.82, 2.24) is 5.32 Å². The number of amides is 1. The van der Waals surface area contributed by atoms with E-state index in [1.165, 1.54) is 0 Å². The van der Waals surface area contributed by atoms with E-state index in [2.05, 4.69) is 12.2 Å². The van der Waals surface area contributed by atoms with Crippen LogP contribution in [0.4, 0.5) is 13.2 Å². The van der Waals surface area contributed by atoms with E-state index in [1.54, 1.807) is 7.11 Å². The maximum atomic E-state index is 11.4. The predicted molar refractivity (Wildman–Crippen MR) is 78.1 cm³/mol. The molecule has 0 aromatic heterocycles. The van der Waals surface area contributed by atoms with Gasteiger partial charge in [-0.25, -0.2) is 4.79 Å². The third-order valence-electron chi connectivity index (χ3n) is 2.62. The van der Waals surface area contributed by atoms with Gasteiger partial charge in [0, 0.05) is 13.0 Å². The fourth-order valence-electron chi connectivity index (χ4n) is 1.41. The summed E-state index contributed by atoms with van der Waals surface area (Å²) in [5.74, 6) is -1.82. The Balaban J connectivity index is 0.000000585. The number of alkyl halides is 3. The van der Waals surface area contributed by atoms with Crippen molar-refractivity contribution < 1.29 is 32.6 Å². The molecule has 0 aliphatic heterocycles. The number of unbranched alkanes of at least 4 members (excludes halogenated alkanes) is 1. The molecule has 1 aromatic rings. The fourth-order valence-corrected chi connectivity index (χ4v) is 1.41. The van der Waals surface area contributed by atoms with Crippen LogP contribution in [0.2, 0.25) is 0 Å². The van der Waals surface area contributed by atoms with Crippen LogP contribution in [0.15, 0.2) is 24.3 Å². The van der Waals surface area contributed by atoms with Crippen molar-refractivity contribution in [2.75, 3.05) is 7.11 Å². The van der Waals surface area contributed by atoms with Crippen LogP contribution in [0.1, 0.15) is 31.7 Å². The fraction of sp³-hybridized carbons (Fsp3) is 0.467. The zero-order valence-electron chi connectivity index (χ0n) is 12.9. The zero-order valence-corrected chi connectivity index (χ0v) is 12.9. The number of hydrogen-bond acceptors (Lipinski definition) is 3. The zero-order chi connectivity index (χ0) is 17.9. The molecule has 1 rings (SSSR count). The number of benzene rings is 1. The average Bonchev–Trinajstić information content (AvgIpc) is 2.50. The number of ether oxygens (including phenoxy) is 1. The number of carboxylic acid groups (broad SMARTS) is 1. The Bertz CT molecular complexity index is 504. The van der Waals surface area contributed by atoms with Crippen LogP contribution in [0.5, 0.6) is 5.75 Å². The van der Waals surface area contributed by atoms with E-state index < -0.39 is 12.1 Å². The van der Waals surface area contributed by atoms with Gasteiger partial charge in [-0.2, -0.15) is 13.2 Å². The Morgan fingerprint density at radius 3 is 2.39 bits per heavy atom. The summed E-state index contributed by atoms with van der Waals surface area (Å²) in [5.41, 5.74) is 1.06. The van der Waals surface area contributed by atoms with Crippen LogP contribution in [0.3, 0.4) is 0 Å². The molecule has 0 saturated carbocycles. The molecule has 23 heavy (non-hydrogen) atoms. The highest BCUT2D eigenvalue weighted by molar-refractivity contribution is 5.75. The van der Waals surface area contributed by atoms with Gasteiger partial charge in [0.05, 0.1) is 7.11 Å². The molecule has 0 spiro atoms. The third kappa shape index (κ3) is 10.2. The summed E-state index contributed by atoms with van der Waals surface area (Å²) in [6, 6.07) is 7.72. The Labute approximate surface area is 132 Å². The number of methoxy groups -OCH3 is 1. The molecular weight excluding hydrogens is 315 g/mol. The number of hydrogen-bond donors (Lipinski definition) is 2. The van der Waals surface area contributed by atoms with Gasteiger partial charge >= 0.3 is 12.1 Å². The lowest BCUT2D eigenvalue weighted by molar-refractivity contribution is -0.192. The molecule has 1 amide bonds. The monoisotopic (exact) mass is 335 g/mol. The summed E-state index contributed by atoms with van der Waals surface area (Å²) in [6.07, 6.45) is -2.48. The molecule has 0 heterocycles. The average molecular weight is 335 g/mol. The minimum absolute atomic E-state index is 0.115. The standard InChI is InChI=1S/C13H19NO2.C2HF3O2/c1-3-4-8-13(15)14-10-11-6-5-7-12(9-11)16-2;3-2(4,5)1(6)7/h5-7,9H,3-4,8,10H2,1-2H3,(H,14,15);(H,6,7). The molecule has 0 fully saturated rings. The highest BCUT2D eigenvalue weighted by atomic mass is 19.4. The first-order valence-electron chi connectivity index (χ1n) is 6.90. The van der Waals surface area contributed by atoms with Gasteiger partial charge in [-0.1, -0.05) is 25.5 Å². The lowest BCUT2D eigenvalue weighted by atomic mass is 10.2. The molecule has 0 saturated heterocycles. The van der Waals surface area contributed by atoms with Crippen molar-refractivity contribution in [2.24, 2.45) is 0 Å². The number of carboxylic acids is 1. The van der Waals surface area contributed by atoms with Crippen molar-refractivity contribution >= 4 is 11.9 Å². The number of halogens is 3. The van der Waals surface area contributed by atoms with Crippen LogP contribution in [0, 0.1) is 0 Å². The number of nitrogens with one attached hydrogen (secondary N) is 1. The van der Waals surface area contributed by atoms with E-state index in [-0.39, 0.29) is 5.91 Å². The minimum Gasteiger partial charge on any atom is -0.497 e. The Hall–Kier alpha value is -2.25. The van der Waals surface area contributed by atoms with Crippen molar-refractivity contribution in [3.8, 4) is 5.75 Å². The SMILES string of the molecule is CCCCC(=O)NCc1cccc(OC)c1.O=C(O)C(F)(F)F. The molecule has 8 heteroatoms. The van der Waals surface area contributed by atoms with E-state index in [1.807, 2.05) is 24.3 Å². The second-order valence-corrected chi connectivity index (χ2v) is 4.53. The lowest BCUT2D eigenvalue weighted by Crippen LogP contribution is -2.22. The largest absolute Gasteiger partial charge is 0.497 e. The van der Waals surface area contributed by atoms with E-state index in [9.17, 15) is 18.0 Å². The summed E-state index contributed by atoms with van der Waals surface area (Å²) in [5, 5.41) is 10.0. The number of carbonyl (C=O) groups is 2. The van der Waals surface area contributed by atoms with Gasteiger partial charge in [-0.3, -0.25) is 4.79 Å². The van der Waals surface area contributed by atoms with Crippen molar-refractivity contribution in [3.05, 3.63) is 29.8 Å². The molecule has 0 atom stereocenters. The predicted octanol–water partition coefficient (Wildman–Crippen LogP) is 3.13. The van der Waals surface area contributed by atoms with Gasteiger partial charge in [0.2, 0.25) is 5.91 Å². The number of aliphatic carboxylic acids is 1. The first-order valence-corrected chi connectivity index (χ1v) is 6.90. The molecule has 0 bridgehead atoms. The van der Waals surface area contributed by atoms with Gasteiger partial charge in [0.1, 0.15) is 5.75 Å². The summed E-state index contributed by atoms with van der Waals surface area (Å²) < 4.78 is 36.8. The van der Waals surface area contributed by atoms with Gasteiger partial charge in [0.25, 0.3) is 0 Å². The topological polar surface area (TPSA) is 75.6 Å². The van der Waals surface area contributed by atoms with Crippen molar-refractivity contribution in [1.29, 1.82) is 0 Å². The molecule has 130 valence electrons. The van der Waals surface area contributed by atoms with Gasteiger partial charge < -0.3 is 15.2 Å². The van der Waals surface area contributed by atoms with Gasteiger partial charge in [-0.05, 0) is 24.1 Å².